The molecular formula is C11H11N5O4S. The van der Waals surface area contributed by atoms with Gasteiger partial charge >= 0.3 is 5.69 Å². The molecule has 0 saturated carbocycles. The van der Waals surface area contributed by atoms with E-state index < -0.39 is 29.7 Å². The predicted molar refractivity (Wildman–Crippen MR) is 75.3 cm³/mol. The lowest BCUT2D eigenvalue weighted by molar-refractivity contribution is -0.0128. The predicted octanol–water partition coefficient (Wildman–Crippen LogP) is 0.710. The topological polar surface area (TPSA) is 133 Å². The van der Waals surface area contributed by atoms with Crippen LogP contribution in [-0.2, 0) is 4.74 Å². The van der Waals surface area contributed by atoms with Gasteiger partial charge in [0.15, 0.2) is 0 Å². The third kappa shape index (κ3) is 2.34. The van der Waals surface area contributed by atoms with E-state index >= 15 is 0 Å². The van der Waals surface area contributed by atoms with Gasteiger partial charge in [0.2, 0.25) is 0 Å². The van der Waals surface area contributed by atoms with Gasteiger partial charge in [0, 0.05) is 11.3 Å². The molecule has 2 aromatic heterocycles. The zero-order chi connectivity index (χ0) is 15.0. The molecule has 0 spiro atoms. The first-order chi connectivity index (χ1) is 10.1. The average Bonchev–Trinajstić information content (AvgIpc) is 3.04. The molecule has 21 heavy (non-hydrogen) atoms. The maximum Gasteiger partial charge on any atom is 0.331 e. The number of hydrogen-bond donors (Lipinski definition) is 2. The minimum Gasteiger partial charge on any atom is -0.390 e. The van der Waals surface area contributed by atoms with Crippen LogP contribution >= 0.6 is 11.3 Å². The lowest BCUT2D eigenvalue weighted by atomic mass is 10.2. The zero-order valence-corrected chi connectivity index (χ0v) is 11.5. The first kappa shape index (κ1) is 13.8. The number of rotatable bonds is 3. The molecule has 3 heterocycles. The van der Waals surface area contributed by atoms with Gasteiger partial charge in [0.25, 0.3) is 5.56 Å². The van der Waals surface area contributed by atoms with Crippen LogP contribution in [-0.4, -0.2) is 33.4 Å². The standard InChI is InChI=1S/C11H11N5O4S/c12-15-13-4-7-6(17)3-8(20-7)16-10-5(1-2-21-10)9(18)14-11(16)19/h1-2,6-8,17H,3-4H2,(H,14,18,19)/t6-,7+,8-/m0/s1. The van der Waals surface area contributed by atoms with E-state index in [9.17, 15) is 14.7 Å². The van der Waals surface area contributed by atoms with Crippen LogP contribution in [0.3, 0.4) is 0 Å². The summed E-state index contributed by atoms with van der Waals surface area (Å²) in [7, 11) is 0. The van der Waals surface area contributed by atoms with Gasteiger partial charge in [-0.2, -0.15) is 0 Å². The van der Waals surface area contributed by atoms with Crippen LogP contribution in [0.5, 0.6) is 0 Å². The van der Waals surface area contributed by atoms with E-state index in [1.165, 1.54) is 15.9 Å². The number of aliphatic hydroxyl groups excluding tert-OH is 1. The highest BCUT2D eigenvalue weighted by atomic mass is 32.1. The molecule has 1 fully saturated rings. The number of azide groups is 1. The van der Waals surface area contributed by atoms with Gasteiger partial charge < -0.3 is 9.84 Å². The number of nitrogens with one attached hydrogen (secondary N) is 1. The van der Waals surface area contributed by atoms with Crippen molar-refractivity contribution in [1.82, 2.24) is 9.55 Å². The number of aliphatic hydroxyl groups is 1. The van der Waals surface area contributed by atoms with Crippen molar-refractivity contribution in [1.29, 1.82) is 0 Å². The zero-order valence-electron chi connectivity index (χ0n) is 10.7. The van der Waals surface area contributed by atoms with E-state index in [2.05, 4.69) is 15.0 Å². The fraction of sp³-hybridized carbons (Fsp3) is 0.455. The van der Waals surface area contributed by atoms with Crippen molar-refractivity contribution in [2.45, 2.75) is 24.9 Å². The van der Waals surface area contributed by atoms with Crippen LogP contribution in [0.15, 0.2) is 26.1 Å². The summed E-state index contributed by atoms with van der Waals surface area (Å²) in [4.78, 5) is 29.1. The summed E-state index contributed by atoms with van der Waals surface area (Å²) < 4.78 is 6.91. The van der Waals surface area contributed by atoms with Crippen LogP contribution in [0.4, 0.5) is 0 Å². The number of thiophene rings is 1. The van der Waals surface area contributed by atoms with E-state index in [4.69, 9.17) is 10.3 Å². The van der Waals surface area contributed by atoms with E-state index in [0.717, 1.165) is 0 Å². The van der Waals surface area contributed by atoms with Crippen molar-refractivity contribution in [2.24, 2.45) is 5.11 Å². The summed E-state index contributed by atoms with van der Waals surface area (Å²) in [5, 5.41) is 15.4. The maximum absolute atomic E-state index is 12.0. The van der Waals surface area contributed by atoms with Crippen molar-refractivity contribution < 1.29 is 9.84 Å². The fourth-order valence-corrected chi connectivity index (χ4v) is 3.33. The van der Waals surface area contributed by atoms with E-state index in [-0.39, 0.29) is 13.0 Å². The monoisotopic (exact) mass is 309 g/mol. The van der Waals surface area contributed by atoms with Gasteiger partial charge in [-0.15, -0.1) is 11.3 Å². The highest BCUT2D eigenvalue weighted by Gasteiger charge is 2.35. The van der Waals surface area contributed by atoms with Gasteiger partial charge in [0.05, 0.1) is 24.1 Å². The van der Waals surface area contributed by atoms with Crippen LogP contribution in [0.2, 0.25) is 0 Å². The average molecular weight is 309 g/mol. The molecule has 0 aliphatic carbocycles. The lowest BCUT2D eigenvalue weighted by Crippen LogP contribution is -2.32. The van der Waals surface area contributed by atoms with E-state index in [0.29, 0.717) is 10.2 Å². The third-order valence-electron chi connectivity index (χ3n) is 3.36. The Kier molecular flexibility index (Phi) is 3.52. The minimum atomic E-state index is -0.839. The number of hydrogen-bond acceptors (Lipinski definition) is 6. The van der Waals surface area contributed by atoms with Crippen molar-refractivity contribution in [3.05, 3.63) is 42.7 Å². The molecule has 2 N–H and O–H groups in total. The molecule has 0 aromatic carbocycles. The summed E-state index contributed by atoms with van der Waals surface area (Å²) in [6.07, 6.45) is -2.02. The van der Waals surface area contributed by atoms with Gasteiger partial charge in [-0.3, -0.25) is 14.3 Å². The van der Waals surface area contributed by atoms with Crippen LogP contribution < -0.4 is 11.2 Å². The second-order valence-electron chi connectivity index (χ2n) is 4.61. The fourth-order valence-electron chi connectivity index (χ4n) is 2.39. The number of ether oxygens (including phenoxy) is 1. The molecule has 1 saturated heterocycles. The third-order valence-corrected chi connectivity index (χ3v) is 4.28. The molecule has 1 aliphatic rings. The highest BCUT2D eigenvalue weighted by molar-refractivity contribution is 7.16. The second-order valence-corrected chi connectivity index (χ2v) is 5.51. The molecule has 1 aliphatic heterocycles. The molecule has 0 amide bonds. The largest absolute Gasteiger partial charge is 0.390 e. The lowest BCUT2D eigenvalue weighted by Gasteiger charge is -2.15. The Bertz CT molecular complexity index is 833. The smallest absolute Gasteiger partial charge is 0.331 e. The number of aromatic amines is 1. The molecular weight excluding hydrogens is 298 g/mol. The molecule has 0 bridgehead atoms. The number of H-pyrrole nitrogens is 1. The van der Waals surface area contributed by atoms with Gasteiger partial charge in [-0.05, 0) is 17.0 Å². The summed E-state index contributed by atoms with van der Waals surface area (Å²) in [6, 6.07) is 1.62. The summed E-state index contributed by atoms with van der Waals surface area (Å²) in [5.41, 5.74) is 7.28. The van der Waals surface area contributed by atoms with Gasteiger partial charge in [-0.25, -0.2) is 4.79 Å². The molecule has 9 nitrogen and oxygen atoms in total. The summed E-state index contributed by atoms with van der Waals surface area (Å²) in [5.74, 6) is 0. The van der Waals surface area contributed by atoms with Gasteiger partial charge in [0.1, 0.15) is 11.1 Å². The highest BCUT2D eigenvalue weighted by Crippen LogP contribution is 2.30. The normalized spacial score (nSPS) is 25.1. The van der Waals surface area contributed by atoms with E-state index in [1.807, 2.05) is 0 Å². The molecule has 10 heteroatoms. The van der Waals surface area contributed by atoms with E-state index in [1.54, 1.807) is 11.4 Å². The first-order valence-electron chi connectivity index (χ1n) is 6.18. The van der Waals surface area contributed by atoms with Crippen molar-refractivity contribution in [2.75, 3.05) is 6.54 Å². The summed E-state index contributed by atoms with van der Waals surface area (Å²) in [6.45, 7) is -0.0140. The Labute approximate surface area is 121 Å². The number of fused-ring (bicyclic) bond motifs is 1. The Hall–Kier alpha value is -2.13. The Morgan fingerprint density at radius 2 is 2.43 bits per heavy atom. The SMILES string of the molecule is [N-]=[N+]=NC[C@H]1O[C@H](n2c(=O)[nH]c(=O)c3ccsc32)C[C@@H]1O. The molecule has 2 aromatic rings. The Morgan fingerprint density at radius 3 is 3.19 bits per heavy atom. The van der Waals surface area contributed by atoms with Crippen molar-refractivity contribution in [3.63, 3.8) is 0 Å². The van der Waals surface area contributed by atoms with Crippen LogP contribution in [0, 0.1) is 0 Å². The number of aromatic nitrogens is 2. The molecule has 0 unspecified atom stereocenters. The van der Waals surface area contributed by atoms with Gasteiger partial charge in [-0.1, -0.05) is 5.11 Å². The minimum absolute atomic E-state index is 0.0140. The molecule has 3 rings (SSSR count). The first-order valence-corrected chi connectivity index (χ1v) is 7.06. The maximum atomic E-state index is 12.0. The quantitative estimate of drug-likeness (QED) is 0.490. The number of nitrogens with zero attached hydrogens (tertiary/aromatic N) is 4. The van der Waals surface area contributed by atoms with Crippen LogP contribution in [0.25, 0.3) is 20.7 Å². The molecule has 0 radical (unpaired) electrons. The van der Waals surface area contributed by atoms with Crippen molar-refractivity contribution in [3.8, 4) is 0 Å². The Balaban J connectivity index is 2.02. The molecule has 3 atom stereocenters. The van der Waals surface area contributed by atoms with Crippen LogP contribution in [0.1, 0.15) is 12.6 Å². The van der Waals surface area contributed by atoms with Crippen molar-refractivity contribution >= 4 is 21.6 Å². The Morgan fingerprint density at radius 1 is 1.62 bits per heavy atom. The molecule has 110 valence electrons. The summed E-state index contributed by atoms with van der Waals surface area (Å²) >= 11 is 1.25. The second kappa shape index (κ2) is 5.34.